The van der Waals surface area contributed by atoms with E-state index in [1.807, 2.05) is 30.3 Å². The summed E-state index contributed by atoms with van der Waals surface area (Å²) in [6.07, 6.45) is 0.697. The van der Waals surface area contributed by atoms with E-state index in [0.29, 0.717) is 6.54 Å². The van der Waals surface area contributed by atoms with Crippen molar-refractivity contribution in [3.8, 4) is 0 Å². The Kier molecular flexibility index (Phi) is 4.98. The summed E-state index contributed by atoms with van der Waals surface area (Å²) in [5.41, 5.74) is 0.846. The topological polar surface area (TPSA) is 59.6 Å². The average Bonchev–Trinajstić information content (AvgIpc) is 2.86. The van der Waals surface area contributed by atoms with Gasteiger partial charge in [0, 0.05) is 25.7 Å². The van der Waals surface area contributed by atoms with Crippen LogP contribution in [0.4, 0.5) is 4.79 Å². The molecule has 5 nitrogen and oxygen atoms in total. The van der Waals surface area contributed by atoms with Crippen molar-refractivity contribution in [3.63, 3.8) is 0 Å². The molecule has 1 aromatic rings. The number of carbonyl (C=O) groups excluding carboxylic acids is 1. The van der Waals surface area contributed by atoms with Crippen LogP contribution >= 0.6 is 0 Å². The monoisotopic (exact) mass is 278 g/mol. The number of nitrogens with one attached hydrogen (secondary N) is 2. The van der Waals surface area contributed by atoms with Gasteiger partial charge in [0.2, 0.25) is 0 Å². The highest BCUT2D eigenvalue weighted by Crippen LogP contribution is 2.19. The first kappa shape index (κ1) is 14.8. The Labute approximate surface area is 119 Å². The number of carbonyl (C=O) groups is 1. The lowest BCUT2D eigenvalue weighted by Crippen LogP contribution is -2.47. The molecule has 0 aromatic heterocycles. The van der Waals surface area contributed by atoms with Crippen molar-refractivity contribution in [2.45, 2.75) is 31.6 Å². The van der Waals surface area contributed by atoms with Crippen LogP contribution in [0.5, 0.6) is 0 Å². The first-order valence-electron chi connectivity index (χ1n) is 6.84. The molecule has 1 saturated heterocycles. The van der Waals surface area contributed by atoms with E-state index in [9.17, 15) is 4.79 Å². The molecule has 1 fully saturated rings. The zero-order valence-corrected chi connectivity index (χ0v) is 12.0. The molecule has 1 aliphatic heterocycles. The standard InChI is InChI=1S/C15H22N2O3/c1-15(8-13(19-2)9-17-15)11-16-14(18)20-10-12-6-4-3-5-7-12/h3-7,13,17H,8-11H2,1-2H3,(H,16,18)/t13-,15-/m0/s1. The van der Waals surface area contributed by atoms with Gasteiger partial charge in [-0.25, -0.2) is 4.79 Å². The van der Waals surface area contributed by atoms with Crippen LogP contribution in [0.15, 0.2) is 30.3 Å². The molecule has 2 N–H and O–H groups in total. The van der Waals surface area contributed by atoms with Crippen molar-refractivity contribution in [2.24, 2.45) is 0 Å². The molecule has 110 valence electrons. The summed E-state index contributed by atoms with van der Waals surface area (Å²) in [5.74, 6) is 0. The third-order valence-electron chi connectivity index (χ3n) is 3.60. The van der Waals surface area contributed by atoms with Gasteiger partial charge >= 0.3 is 6.09 Å². The van der Waals surface area contributed by atoms with Gasteiger partial charge in [0.05, 0.1) is 6.10 Å². The predicted octanol–water partition coefficient (Wildman–Crippen LogP) is 1.68. The fraction of sp³-hybridized carbons (Fsp3) is 0.533. The molecule has 0 saturated carbocycles. The van der Waals surface area contributed by atoms with Gasteiger partial charge in [0.1, 0.15) is 6.61 Å². The number of amides is 1. The van der Waals surface area contributed by atoms with E-state index in [-0.39, 0.29) is 18.2 Å². The zero-order chi connectivity index (χ0) is 14.4. The smallest absolute Gasteiger partial charge is 0.407 e. The summed E-state index contributed by atoms with van der Waals surface area (Å²) < 4.78 is 10.5. The highest BCUT2D eigenvalue weighted by molar-refractivity contribution is 5.67. The molecule has 5 heteroatoms. The molecule has 0 unspecified atom stereocenters. The van der Waals surface area contributed by atoms with Crippen LogP contribution < -0.4 is 10.6 Å². The summed E-state index contributed by atoms with van der Waals surface area (Å²) >= 11 is 0. The second-order valence-electron chi connectivity index (χ2n) is 5.42. The number of alkyl carbamates (subject to hydrolysis) is 1. The lowest BCUT2D eigenvalue weighted by molar-refractivity contribution is 0.111. The summed E-state index contributed by atoms with van der Waals surface area (Å²) in [6.45, 7) is 3.70. The van der Waals surface area contributed by atoms with Gasteiger partial charge in [-0.3, -0.25) is 0 Å². The second kappa shape index (κ2) is 6.72. The molecule has 1 aliphatic rings. The Hall–Kier alpha value is -1.59. The molecule has 0 bridgehead atoms. The van der Waals surface area contributed by atoms with E-state index in [1.165, 1.54) is 0 Å². The quantitative estimate of drug-likeness (QED) is 0.860. The number of ether oxygens (including phenoxy) is 2. The SMILES string of the molecule is CO[C@@H]1CN[C@](C)(CNC(=O)OCc2ccccc2)C1. The third-order valence-corrected chi connectivity index (χ3v) is 3.60. The van der Waals surface area contributed by atoms with Crippen molar-refractivity contribution in [3.05, 3.63) is 35.9 Å². The maximum atomic E-state index is 11.7. The van der Waals surface area contributed by atoms with Crippen molar-refractivity contribution in [1.82, 2.24) is 10.6 Å². The molecule has 0 aliphatic carbocycles. The van der Waals surface area contributed by atoms with Crippen molar-refractivity contribution in [2.75, 3.05) is 20.2 Å². The van der Waals surface area contributed by atoms with Gasteiger partial charge in [0.15, 0.2) is 0 Å². The predicted molar refractivity (Wildman–Crippen MR) is 76.5 cm³/mol. The molecule has 0 radical (unpaired) electrons. The van der Waals surface area contributed by atoms with Crippen LogP contribution in [0, 0.1) is 0 Å². The van der Waals surface area contributed by atoms with Gasteiger partial charge in [-0.2, -0.15) is 0 Å². The molecule has 1 heterocycles. The summed E-state index contributed by atoms with van der Waals surface area (Å²) in [6, 6.07) is 9.63. The van der Waals surface area contributed by atoms with E-state index in [1.54, 1.807) is 7.11 Å². The van der Waals surface area contributed by atoms with Crippen molar-refractivity contribution >= 4 is 6.09 Å². The van der Waals surface area contributed by atoms with Crippen LogP contribution in [0.1, 0.15) is 18.9 Å². The molecule has 1 amide bonds. The fourth-order valence-corrected chi connectivity index (χ4v) is 2.35. The number of hydrogen-bond acceptors (Lipinski definition) is 4. The summed E-state index contributed by atoms with van der Waals surface area (Å²) in [7, 11) is 1.71. The van der Waals surface area contributed by atoms with E-state index >= 15 is 0 Å². The van der Waals surface area contributed by atoms with E-state index in [2.05, 4.69) is 17.6 Å². The van der Waals surface area contributed by atoms with Crippen LogP contribution in [0.2, 0.25) is 0 Å². The molecule has 2 atom stereocenters. The second-order valence-corrected chi connectivity index (χ2v) is 5.42. The minimum absolute atomic E-state index is 0.132. The highest BCUT2D eigenvalue weighted by atomic mass is 16.5. The normalized spacial score (nSPS) is 25.4. The van der Waals surface area contributed by atoms with Crippen molar-refractivity contribution in [1.29, 1.82) is 0 Å². The summed E-state index contributed by atoms with van der Waals surface area (Å²) in [5, 5.41) is 6.17. The Morgan fingerprint density at radius 3 is 2.85 bits per heavy atom. The average molecular weight is 278 g/mol. The third kappa shape index (κ3) is 4.21. The molecule has 20 heavy (non-hydrogen) atoms. The van der Waals surface area contributed by atoms with Crippen LogP contribution in [0.3, 0.4) is 0 Å². The minimum atomic E-state index is -0.391. The fourth-order valence-electron chi connectivity index (χ4n) is 2.35. The maximum absolute atomic E-state index is 11.7. The number of rotatable bonds is 5. The maximum Gasteiger partial charge on any atom is 0.407 e. The minimum Gasteiger partial charge on any atom is -0.445 e. The largest absolute Gasteiger partial charge is 0.445 e. The van der Waals surface area contributed by atoms with Crippen LogP contribution in [-0.4, -0.2) is 37.9 Å². The van der Waals surface area contributed by atoms with Gasteiger partial charge in [-0.05, 0) is 18.9 Å². The van der Waals surface area contributed by atoms with E-state index in [0.717, 1.165) is 18.5 Å². The Morgan fingerprint density at radius 2 is 2.20 bits per heavy atom. The Bertz CT molecular complexity index is 438. The lowest BCUT2D eigenvalue weighted by Gasteiger charge is -2.24. The molecule has 1 aromatic carbocycles. The molecular weight excluding hydrogens is 256 g/mol. The van der Waals surface area contributed by atoms with Gasteiger partial charge in [-0.15, -0.1) is 0 Å². The summed E-state index contributed by atoms with van der Waals surface area (Å²) in [4.78, 5) is 11.7. The first-order chi connectivity index (χ1) is 9.61. The van der Waals surface area contributed by atoms with Crippen LogP contribution in [0.25, 0.3) is 0 Å². The number of hydrogen-bond donors (Lipinski definition) is 2. The molecule has 2 rings (SSSR count). The van der Waals surface area contributed by atoms with Crippen molar-refractivity contribution < 1.29 is 14.3 Å². The zero-order valence-electron chi connectivity index (χ0n) is 12.0. The van der Waals surface area contributed by atoms with Gasteiger partial charge < -0.3 is 20.1 Å². The number of benzene rings is 1. The van der Waals surface area contributed by atoms with E-state index < -0.39 is 6.09 Å². The van der Waals surface area contributed by atoms with Gasteiger partial charge in [-0.1, -0.05) is 30.3 Å². The van der Waals surface area contributed by atoms with E-state index in [4.69, 9.17) is 9.47 Å². The Morgan fingerprint density at radius 1 is 1.45 bits per heavy atom. The lowest BCUT2D eigenvalue weighted by atomic mass is 9.99. The number of methoxy groups -OCH3 is 1. The molecular formula is C15H22N2O3. The highest BCUT2D eigenvalue weighted by Gasteiger charge is 2.34. The van der Waals surface area contributed by atoms with Crippen LogP contribution in [-0.2, 0) is 16.1 Å². The first-order valence-corrected chi connectivity index (χ1v) is 6.84. The van der Waals surface area contributed by atoms with Gasteiger partial charge in [0.25, 0.3) is 0 Å². The Balaban J connectivity index is 1.70. The molecule has 0 spiro atoms.